The Morgan fingerprint density at radius 2 is 1.80 bits per heavy atom. The minimum atomic E-state index is -0.865. The maximum absolute atomic E-state index is 12.4. The molecular formula is C15H20N2O3. The van der Waals surface area contributed by atoms with E-state index in [0.29, 0.717) is 18.4 Å². The van der Waals surface area contributed by atoms with Crippen LogP contribution >= 0.6 is 0 Å². The first-order valence-electron chi connectivity index (χ1n) is 6.91. The van der Waals surface area contributed by atoms with Crippen LogP contribution in [0.3, 0.4) is 0 Å². The molecule has 0 saturated carbocycles. The Morgan fingerprint density at radius 1 is 1.20 bits per heavy atom. The molecule has 2 N–H and O–H groups in total. The Hall–Kier alpha value is -1.88. The summed E-state index contributed by atoms with van der Waals surface area (Å²) in [5.74, 6) is -0.248. The van der Waals surface area contributed by atoms with Crippen LogP contribution in [0.2, 0.25) is 0 Å². The first-order valence-corrected chi connectivity index (χ1v) is 6.91. The van der Waals surface area contributed by atoms with Crippen LogP contribution in [0, 0.1) is 0 Å². The zero-order valence-corrected chi connectivity index (χ0v) is 11.8. The molecule has 2 rings (SSSR count). The SMILES string of the molecule is CCC1(CC)NC(=O)N(C[C@H](O)c2ccccc2)C1=O. The molecule has 1 fully saturated rings. The molecule has 0 aromatic heterocycles. The highest BCUT2D eigenvalue weighted by molar-refractivity contribution is 6.07. The third kappa shape index (κ3) is 2.41. The fraction of sp³-hybridized carbons (Fsp3) is 0.467. The predicted octanol–water partition coefficient (Wildman–Crippen LogP) is 1.83. The molecule has 1 aromatic carbocycles. The Morgan fingerprint density at radius 3 is 2.30 bits per heavy atom. The quantitative estimate of drug-likeness (QED) is 0.806. The highest BCUT2D eigenvalue weighted by Crippen LogP contribution is 2.26. The van der Waals surface area contributed by atoms with Crippen LogP contribution in [-0.2, 0) is 4.79 Å². The monoisotopic (exact) mass is 276 g/mol. The van der Waals surface area contributed by atoms with Gasteiger partial charge >= 0.3 is 6.03 Å². The Balaban J connectivity index is 2.14. The third-order valence-corrected chi connectivity index (χ3v) is 3.99. The molecule has 1 aromatic rings. The lowest BCUT2D eigenvalue weighted by Crippen LogP contribution is -2.46. The molecule has 0 radical (unpaired) electrons. The lowest BCUT2D eigenvalue weighted by Gasteiger charge is -2.24. The number of amides is 3. The zero-order chi connectivity index (χ0) is 14.8. The summed E-state index contributed by atoms with van der Waals surface area (Å²) in [7, 11) is 0. The number of hydrogen-bond donors (Lipinski definition) is 2. The van der Waals surface area contributed by atoms with E-state index in [2.05, 4.69) is 5.32 Å². The van der Waals surface area contributed by atoms with Crippen molar-refractivity contribution in [2.75, 3.05) is 6.54 Å². The summed E-state index contributed by atoms with van der Waals surface area (Å²) in [6, 6.07) is 8.60. The number of rotatable bonds is 5. The van der Waals surface area contributed by atoms with E-state index in [0.717, 1.165) is 4.90 Å². The summed E-state index contributed by atoms with van der Waals surface area (Å²) < 4.78 is 0. The molecule has 108 valence electrons. The number of aliphatic hydroxyl groups excluding tert-OH is 1. The van der Waals surface area contributed by atoms with Gasteiger partial charge in [-0.25, -0.2) is 4.79 Å². The standard InChI is InChI=1S/C15H20N2O3/c1-3-15(4-2)13(19)17(14(20)16-15)10-12(18)11-8-6-5-7-9-11/h5-9,12,18H,3-4,10H2,1-2H3,(H,16,20)/t12-/m0/s1. The number of imide groups is 1. The van der Waals surface area contributed by atoms with E-state index in [9.17, 15) is 14.7 Å². The van der Waals surface area contributed by atoms with Crippen molar-refractivity contribution in [2.45, 2.75) is 38.3 Å². The van der Waals surface area contributed by atoms with E-state index in [1.165, 1.54) is 0 Å². The largest absolute Gasteiger partial charge is 0.387 e. The molecule has 0 aliphatic carbocycles. The van der Waals surface area contributed by atoms with Crippen molar-refractivity contribution >= 4 is 11.9 Å². The number of carbonyl (C=O) groups is 2. The van der Waals surface area contributed by atoms with Crippen molar-refractivity contribution in [3.05, 3.63) is 35.9 Å². The molecule has 20 heavy (non-hydrogen) atoms. The van der Waals surface area contributed by atoms with Crippen molar-refractivity contribution in [1.82, 2.24) is 10.2 Å². The molecule has 1 aliphatic rings. The molecule has 1 aliphatic heterocycles. The van der Waals surface area contributed by atoms with Crippen molar-refractivity contribution in [1.29, 1.82) is 0 Å². The number of nitrogens with one attached hydrogen (secondary N) is 1. The van der Waals surface area contributed by atoms with Crippen molar-refractivity contribution in [3.63, 3.8) is 0 Å². The summed E-state index contributed by atoms with van der Waals surface area (Å²) in [6.07, 6.45) is 0.230. The number of aliphatic hydroxyl groups is 1. The third-order valence-electron chi connectivity index (χ3n) is 3.99. The second-order valence-electron chi connectivity index (χ2n) is 5.06. The molecule has 0 unspecified atom stereocenters. The van der Waals surface area contributed by atoms with Crippen LogP contribution in [0.25, 0.3) is 0 Å². The lowest BCUT2D eigenvalue weighted by atomic mass is 9.93. The summed E-state index contributed by atoms with van der Waals surface area (Å²) in [5, 5.41) is 12.9. The number of benzene rings is 1. The number of urea groups is 1. The number of carbonyl (C=O) groups excluding carboxylic acids is 2. The van der Waals surface area contributed by atoms with Gasteiger partial charge in [0.15, 0.2) is 0 Å². The van der Waals surface area contributed by atoms with Gasteiger partial charge in [0, 0.05) is 0 Å². The lowest BCUT2D eigenvalue weighted by molar-refractivity contribution is -0.132. The van der Waals surface area contributed by atoms with Gasteiger partial charge in [0.2, 0.25) is 0 Å². The fourth-order valence-electron chi connectivity index (χ4n) is 2.52. The molecule has 5 heteroatoms. The van der Waals surface area contributed by atoms with Gasteiger partial charge in [-0.2, -0.15) is 0 Å². The van der Waals surface area contributed by atoms with Crippen LogP contribution in [0.1, 0.15) is 38.4 Å². The highest BCUT2D eigenvalue weighted by Gasteiger charge is 2.48. The number of hydrogen-bond acceptors (Lipinski definition) is 3. The highest BCUT2D eigenvalue weighted by atomic mass is 16.3. The Bertz CT molecular complexity index is 497. The summed E-state index contributed by atoms with van der Waals surface area (Å²) in [4.78, 5) is 25.5. The van der Waals surface area contributed by atoms with Gasteiger partial charge in [-0.1, -0.05) is 44.2 Å². The van der Waals surface area contributed by atoms with Gasteiger partial charge < -0.3 is 10.4 Å². The zero-order valence-electron chi connectivity index (χ0n) is 11.8. The van der Waals surface area contributed by atoms with E-state index in [1.807, 2.05) is 32.0 Å². The smallest absolute Gasteiger partial charge is 0.325 e. The maximum Gasteiger partial charge on any atom is 0.325 e. The van der Waals surface area contributed by atoms with Crippen LogP contribution in [0.5, 0.6) is 0 Å². The van der Waals surface area contributed by atoms with Gasteiger partial charge in [0.25, 0.3) is 5.91 Å². The minimum absolute atomic E-state index is 0.0174. The number of β-amino-alcohol motifs (C(OH)–C–C–N with tert-alkyl or cyclic N) is 1. The van der Waals surface area contributed by atoms with Crippen LogP contribution in [0.15, 0.2) is 30.3 Å². The van der Waals surface area contributed by atoms with E-state index in [1.54, 1.807) is 12.1 Å². The molecule has 0 spiro atoms. The molecule has 0 bridgehead atoms. The van der Waals surface area contributed by atoms with E-state index < -0.39 is 17.7 Å². The summed E-state index contributed by atoms with van der Waals surface area (Å²) in [6.45, 7) is 3.73. The van der Waals surface area contributed by atoms with E-state index in [4.69, 9.17) is 0 Å². The average molecular weight is 276 g/mol. The molecule has 1 atom stereocenters. The Kier molecular flexibility index (Phi) is 4.09. The first-order chi connectivity index (χ1) is 9.54. The molecule has 5 nitrogen and oxygen atoms in total. The second kappa shape index (κ2) is 5.63. The van der Waals surface area contributed by atoms with Gasteiger partial charge in [-0.15, -0.1) is 0 Å². The molecule has 3 amide bonds. The van der Waals surface area contributed by atoms with Gasteiger partial charge in [0.05, 0.1) is 12.6 Å². The Labute approximate surface area is 118 Å². The van der Waals surface area contributed by atoms with Crippen molar-refractivity contribution < 1.29 is 14.7 Å². The first kappa shape index (κ1) is 14.5. The second-order valence-corrected chi connectivity index (χ2v) is 5.06. The fourth-order valence-corrected chi connectivity index (χ4v) is 2.52. The molecule has 1 heterocycles. The van der Waals surface area contributed by atoms with Crippen LogP contribution in [-0.4, -0.2) is 34.0 Å². The van der Waals surface area contributed by atoms with Crippen LogP contribution in [0.4, 0.5) is 4.79 Å². The van der Waals surface area contributed by atoms with Crippen LogP contribution < -0.4 is 5.32 Å². The summed E-state index contributed by atoms with van der Waals surface area (Å²) in [5.41, 5.74) is -0.119. The predicted molar refractivity (Wildman–Crippen MR) is 75.0 cm³/mol. The average Bonchev–Trinajstić information content (AvgIpc) is 2.72. The molecular weight excluding hydrogens is 256 g/mol. The van der Waals surface area contributed by atoms with Crippen molar-refractivity contribution in [3.8, 4) is 0 Å². The van der Waals surface area contributed by atoms with E-state index in [-0.39, 0.29) is 12.5 Å². The van der Waals surface area contributed by atoms with Gasteiger partial charge in [-0.05, 0) is 18.4 Å². The normalized spacial score (nSPS) is 19.1. The maximum atomic E-state index is 12.4. The van der Waals surface area contributed by atoms with E-state index >= 15 is 0 Å². The minimum Gasteiger partial charge on any atom is -0.387 e. The van der Waals surface area contributed by atoms with Gasteiger partial charge in [0.1, 0.15) is 5.54 Å². The number of nitrogens with zero attached hydrogens (tertiary/aromatic N) is 1. The molecule has 1 saturated heterocycles. The van der Waals surface area contributed by atoms with Crippen molar-refractivity contribution in [2.24, 2.45) is 0 Å². The summed E-state index contributed by atoms with van der Waals surface area (Å²) >= 11 is 0. The van der Waals surface area contributed by atoms with Gasteiger partial charge in [-0.3, -0.25) is 9.69 Å². The topological polar surface area (TPSA) is 69.6 Å².